The van der Waals surface area contributed by atoms with E-state index in [1.165, 1.54) is 6.20 Å². The van der Waals surface area contributed by atoms with Gasteiger partial charge in [0.1, 0.15) is 19.7 Å². The quantitative estimate of drug-likeness (QED) is 0.691. The van der Waals surface area contributed by atoms with Crippen molar-refractivity contribution >= 4 is 11.9 Å². The van der Waals surface area contributed by atoms with Crippen LogP contribution in [0.5, 0.6) is 0 Å². The Balaban J connectivity index is 1.76. The van der Waals surface area contributed by atoms with Gasteiger partial charge in [0.15, 0.2) is 0 Å². The summed E-state index contributed by atoms with van der Waals surface area (Å²) in [5, 5.41) is 2.34. The van der Waals surface area contributed by atoms with Crippen molar-refractivity contribution < 1.29 is 14.3 Å². The molecule has 1 amide bonds. The zero-order valence-corrected chi connectivity index (χ0v) is 12.2. The number of carbonyl (C=O) groups is 2. The summed E-state index contributed by atoms with van der Waals surface area (Å²) in [6, 6.07) is 10.3. The highest BCUT2D eigenvalue weighted by Crippen LogP contribution is 2.00. The number of esters is 1. The van der Waals surface area contributed by atoms with Gasteiger partial charge in [0.05, 0.1) is 0 Å². The van der Waals surface area contributed by atoms with Crippen LogP contribution >= 0.6 is 0 Å². The number of amides is 1. The number of ether oxygens (including phenoxy) is 1. The van der Waals surface area contributed by atoms with Gasteiger partial charge in [-0.1, -0.05) is 30.3 Å². The summed E-state index contributed by atoms with van der Waals surface area (Å²) in [5.74, 6) is -1.13. The van der Waals surface area contributed by atoms with E-state index in [0.29, 0.717) is 0 Å². The van der Waals surface area contributed by atoms with Crippen LogP contribution in [0.4, 0.5) is 0 Å². The fourth-order valence-electron chi connectivity index (χ4n) is 1.74. The highest BCUT2D eigenvalue weighted by molar-refractivity contribution is 5.81. The number of nitrogens with zero attached hydrogens (tertiary/aromatic N) is 1. The van der Waals surface area contributed by atoms with Crippen LogP contribution in [0.2, 0.25) is 0 Å². The van der Waals surface area contributed by atoms with Crippen molar-refractivity contribution in [2.75, 3.05) is 6.54 Å². The van der Waals surface area contributed by atoms with E-state index < -0.39 is 23.1 Å². The molecule has 0 spiro atoms. The molecule has 0 unspecified atom stereocenters. The van der Waals surface area contributed by atoms with Crippen molar-refractivity contribution in [3.8, 4) is 0 Å². The van der Waals surface area contributed by atoms with Gasteiger partial charge < -0.3 is 10.1 Å². The predicted molar refractivity (Wildman–Crippen MR) is 80.6 cm³/mol. The third-order valence-electron chi connectivity index (χ3n) is 2.88. The molecule has 1 heterocycles. The molecule has 0 saturated heterocycles. The Labute approximate surface area is 130 Å². The van der Waals surface area contributed by atoms with E-state index in [1.54, 1.807) is 0 Å². The summed E-state index contributed by atoms with van der Waals surface area (Å²) in [5.41, 5.74) is -0.401. The number of carbonyl (C=O) groups excluding carboxylic acids is 2. The molecular weight excluding hydrogens is 302 g/mol. The first-order chi connectivity index (χ1) is 11.0. The Morgan fingerprint density at radius 2 is 1.87 bits per heavy atom. The number of nitrogens with one attached hydrogen (secondary N) is 2. The van der Waals surface area contributed by atoms with Gasteiger partial charge in [0.2, 0.25) is 5.91 Å². The van der Waals surface area contributed by atoms with Gasteiger partial charge in [0, 0.05) is 12.3 Å². The Morgan fingerprint density at radius 3 is 2.57 bits per heavy atom. The predicted octanol–water partition coefficient (Wildman–Crippen LogP) is -0.604. The molecule has 0 radical (unpaired) electrons. The van der Waals surface area contributed by atoms with Gasteiger partial charge in [-0.15, -0.1) is 0 Å². The van der Waals surface area contributed by atoms with Gasteiger partial charge in [0.25, 0.3) is 5.56 Å². The molecular formula is C15H15N3O5. The standard InChI is InChI=1S/C15H15N3O5/c19-12-6-7-18(15(22)17-12)9-13(20)16-8-14(21)23-10-11-4-2-1-3-5-11/h1-7H,8-10H2,(H,16,20)(H,17,19,22). The Hall–Kier alpha value is -3.16. The number of aromatic nitrogens is 2. The molecule has 2 aromatic rings. The van der Waals surface area contributed by atoms with E-state index in [0.717, 1.165) is 16.2 Å². The molecule has 2 rings (SSSR count). The number of H-pyrrole nitrogens is 1. The largest absolute Gasteiger partial charge is 0.460 e. The van der Waals surface area contributed by atoms with Crippen molar-refractivity contribution in [2.45, 2.75) is 13.2 Å². The molecule has 0 aliphatic rings. The monoisotopic (exact) mass is 317 g/mol. The second-order valence-electron chi connectivity index (χ2n) is 4.66. The number of aromatic amines is 1. The molecule has 23 heavy (non-hydrogen) atoms. The lowest BCUT2D eigenvalue weighted by Crippen LogP contribution is -2.37. The third-order valence-corrected chi connectivity index (χ3v) is 2.88. The molecule has 8 heteroatoms. The van der Waals surface area contributed by atoms with E-state index in [9.17, 15) is 19.2 Å². The molecule has 1 aromatic carbocycles. The normalized spacial score (nSPS) is 10.1. The van der Waals surface area contributed by atoms with Crippen LogP contribution in [-0.4, -0.2) is 28.0 Å². The molecule has 2 N–H and O–H groups in total. The highest BCUT2D eigenvalue weighted by atomic mass is 16.5. The summed E-state index contributed by atoms with van der Waals surface area (Å²) in [4.78, 5) is 47.5. The maximum absolute atomic E-state index is 11.7. The Kier molecular flexibility index (Phi) is 5.45. The van der Waals surface area contributed by atoms with Crippen molar-refractivity contribution in [1.29, 1.82) is 0 Å². The second-order valence-corrected chi connectivity index (χ2v) is 4.66. The first-order valence-electron chi connectivity index (χ1n) is 6.80. The van der Waals surface area contributed by atoms with E-state index in [2.05, 4.69) is 5.32 Å². The molecule has 0 saturated carbocycles. The van der Waals surface area contributed by atoms with Crippen molar-refractivity contribution in [3.05, 3.63) is 69.0 Å². The molecule has 8 nitrogen and oxygen atoms in total. The van der Waals surface area contributed by atoms with E-state index in [4.69, 9.17) is 4.74 Å². The van der Waals surface area contributed by atoms with Crippen LogP contribution in [0.25, 0.3) is 0 Å². The number of benzene rings is 1. The molecule has 0 aliphatic heterocycles. The van der Waals surface area contributed by atoms with Crippen LogP contribution in [0, 0.1) is 0 Å². The summed E-state index contributed by atoms with van der Waals surface area (Å²) < 4.78 is 6.02. The smallest absolute Gasteiger partial charge is 0.328 e. The molecule has 0 aliphatic carbocycles. The first-order valence-corrected chi connectivity index (χ1v) is 6.80. The lowest BCUT2D eigenvalue weighted by molar-refractivity contribution is -0.145. The fraction of sp³-hybridized carbons (Fsp3) is 0.200. The minimum Gasteiger partial charge on any atom is -0.460 e. The highest BCUT2D eigenvalue weighted by Gasteiger charge is 2.08. The van der Waals surface area contributed by atoms with E-state index >= 15 is 0 Å². The summed E-state index contributed by atoms with van der Waals surface area (Å²) >= 11 is 0. The molecule has 0 bridgehead atoms. The van der Waals surface area contributed by atoms with Crippen LogP contribution in [-0.2, 0) is 27.5 Å². The van der Waals surface area contributed by atoms with Crippen molar-refractivity contribution in [2.24, 2.45) is 0 Å². The van der Waals surface area contributed by atoms with Gasteiger partial charge in [-0.05, 0) is 5.56 Å². The second kappa shape index (κ2) is 7.74. The van der Waals surface area contributed by atoms with Crippen LogP contribution in [0.15, 0.2) is 52.2 Å². The summed E-state index contributed by atoms with van der Waals surface area (Å²) in [6.45, 7) is -0.486. The zero-order chi connectivity index (χ0) is 16.7. The fourth-order valence-corrected chi connectivity index (χ4v) is 1.74. The minimum absolute atomic E-state index is 0.120. The number of hydrogen-bond donors (Lipinski definition) is 2. The van der Waals surface area contributed by atoms with E-state index in [-0.39, 0.29) is 19.7 Å². The van der Waals surface area contributed by atoms with Gasteiger partial charge >= 0.3 is 11.7 Å². The topological polar surface area (TPSA) is 110 Å². The Bertz CT molecular complexity index is 795. The van der Waals surface area contributed by atoms with Crippen LogP contribution < -0.4 is 16.6 Å². The Morgan fingerprint density at radius 1 is 1.13 bits per heavy atom. The maximum Gasteiger partial charge on any atom is 0.328 e. The molecule has 0 fully saturated rings. The van der Waals surface area contributed by atoms with Crippen LogP contribution in [0.1, 0.15) is 5.56 Å². The van der Waals surface area contributed by atoms with Gasteiger partial charge in [-0.25, -0.2) is 4.79 Å². The SMILES string of the molecule is O=C(Cn1ccc(=O)[nH]c1=O)NCC(=O)OCc1ccccc1. The summed E-state index contributed by atoms with van der Waals surface area (Å²) in [6.07, 6.45) is 1.20. The zero-order valence-electron chi connectivity index (χ0n) is 12.2. The lowest BCUT2D eigenvalue weighted by Gasteiger charge is -2.07. The maximum atomic E-state index is 11.7. The van der Waals surface area contributed by atoms with Gasteiger partial charge in [-0.2, -0.15) is 0 Å². The first kappa shape index (κ1) is 16.2. The number of hydrogen-bond acceptors (Lipinski definition) is 5. The van der Waals surface area contributed by atoms with Crippen LogP contribution in [0.3, 0.4) is 0 Å². The summed E-state index contributed by atoms with van der Waals surface area (Å²) in [7, 11) is 0. The average molecular weight is 317 g/mol. The number of rotatable bonds is 6. The molecule has 0 atom stereocenters. The minimum atomic E-state index is -0.695. The van der Waals surface area contributed by atoms with Crippen molar-refractivity contribution in [3.63, 3.8) is 0 Å². The molecule has 1 aromatic heterocycles. The third kappa shape index (κ3) is 5.27. The van der Waals surface area contributed by atoms with Crippen molar-refractivity contribution in [1.82, 2.24) is 14.9 Å². The average Bonchev–Trinajstić information content (AvgIpc) is 2.54. The van der Waals surface area contributed by atoms with E-state index in [1.807, 2.05) is 35.3 Å². The molecule has 120 valence electrons. The lowest BCUT2D eigenvalue weighted by atomic mass is 10.2. The van der Waals surface area contributed by atoms with Gasteiger partial charge in [-0.3, -0.25) is 23.9 Å².